The molecule has 0 saturated carbocycles. The lowest BCUT2D eigenvalue weighted by molar-refractivity contribution is -0.0241. The summed E-state index contributed by atoms with van der Waals surface area (Å²) in [5.41, 5.74) is 0. The Labute approximate surface area is 323 Å². The van der Waals surface area contributed by atoms with Gasteiger partial charge in [0.25, 0.3) is 18.4 Å². The largest absolute Gasteiger partial charge is 0.405 e. The molecule has 0 heterocycles. The Hall–Kier alpha value is -2.57. The Balaban J connectivity index is 1.05. The highest BCUT2D eigenvalue weighted by molar-refractivity contribution is 7.86. The van der Waals surface area contributed by atoms with Gasteiger partial charge in [0.05, 0.1) is 124 Å². The van der Waals surface area contributed by atoms with Crippen LogP contribution in [0.1, 0.15) is 20.8 Å². The first-order valence-electron chi connectivity index (χ1n) is 18.6. The van der Waals surface area contributed by atoms with Crippen molar-refractivity contribution >= 4 is 28.8 Å². The third kappa shape index (κ3) is 17.5. The second-order valence-electron chi connectivity index (χ2n) is 13.0. The van der Waals surface area contributed by atoms with Crippen molar-refractivity contribution in [3.05, 3.63) is 91.0 Å². The van der Waals surface area contributed by atoms with Crippen LogP contribution in [0.5, 0.6) is 0 Å². The molecule has 0 aliphatic rings. The van der Waals surface area contributed by atoms with Crippen molar-refractivity contribution in [3.8, 4) is 0 Å². The molecule has 302 valence electrons. The van der Waals surface area contributed by atoms with E-state index in [0.717, 1.165) is 0 Å². The fourth-order valence-corrected chi connectivity index (χ4v) is 11.0. The maximum Gasteiger partial charge on any atom is 0.297 e. The minimum absolute atomic E-state index is 0.0593. The summed E-state index contributed by atoms with van der Waals surface area (Å²) in [5, 5.41) is 2.45. The van der Waals surface area contributed by atoms with Gasteiger partial charge in [-0.15, -0.1) is 0 Å². The predicted molar refractivity (Wildman–Crippen MR) is 210 cm³/mol. The summed E-state index contributed by atoms with van der Waals surface area (Å²) >= 11 is 0. The SMILES string of the molecule is CC(C)(C)[Si](OCCOCCOCCOCCOCCOCCOCCOCCOCCOS(=O)(=O)c1ccccc1)(c1ccccc1)c1ccccc1. The molecule has 0 saturated heterocycles. The molecule has 12 nitrogen and oxygen atoms in total. The van der Waals surface area contributed by atoms with Crippen molar-refractivity contribution in [1.82, 2.24) is 0 Å². The van der Waals surface area contributed by atoms with Crippen molar-refractivity contribution in [3.63, 3.8) is 0 Å². The van der Waals surface area contributed by atoms with E-state index in [1.807, 2.05) is 12.1 Å². The summed E-state index contributed by atoms with van der Waals surface area (Å²) in [7, 11) is -6.31. The number of ether oxygens (including phenoxy) is 8. The van der Waals surface area contributed by atoms with Crippen LogP contribution in [0.3, 0.4) is 0 Å². The van der Waals surface area contributed by atoms with Gasteiger partial charge in [0.2, 0.25) is 0 Å². The van der Waals surface area contributed by atoms with Crippen LogP contribution in [0.4, 0.5) is 0 Å². The first kappa shape index (κ1) is 45.8. The van der Waals surface area contributed by atoms with Gasteiger partial charge in [-0.25, -0.2) is 0 Å². The molecule has 0 N–H and O–H groups in total. The van der Waals surface area contributed by atoms with Gasteiger partial charge >= 0.3 is 0 Å². The van der Waals surface area contributed by atoms with Crippen molar-refractivity contribution in [1.29, 1.82) is 0 Å². The molecule has 0 aromatic heterocycles. The minimum Gasteiger partial charge on any atom is -0.405 e. The number of rotatable bonds is 32. The van der Waals surface area contributed by atoms with E-state index in [9.17, 15) is 8.42 Å². The van der Waals surface area contributed by atoms with Gasteiger partial charge in [0.1, 0.15) is 0 Å². The highest BCUT2D eigenvalue weighted by Crippen LogP contribution is 2.36. The molecule has 3 rings (SSSR count). The third-order valence-corrected chi connectivity index (χ3v) is 14.4. The monoisotopic (exact) mass is 792 g/mol. The Morgan fingerprint density at radius 3 is 1.00 bits per heavy atom. The number of benzene rings is 3. The maximum absolute atomic E-state index is 12.0. The molecular formula is C40H60O12SSi. The second-order valence-corrected chi connectivity index (χ2v) is 18.9. The van der Waals surface area contributed by atoms with E-state index in [1.165, 1.54) is 22.5 Å². The van der Waals surface area contributed by atoms with Crippen LogP contribution in [-0.2, 0) is 56.6 Å². The van der Waals surface area contributed by atoms with E-state index in [2.05, 4.69) is 69.3 Å². The first-order valence-corrected chi connectivity index (χ1v) is 21.9. The number of hydrogen-bond donors (Lipinski definition) is 0. The molecule has 0 radical (unpaired) electrons. The molecule has 0 atom stereocenters. The zero-order chi connectivity index (χ0) is 38.6. The molecule has 54 heavy (non-hydrogen) atoms. The standard InChI is InChI=1S/C40H60O12SSi/c1-40(2,3)54(38-15-9-5-10-16-38,39-17-11-6-12-18-39)52-36-34-50-32-30-48-28-26-46-24-22-44-20-19-43-21-23-45-25-27-47-29-31-49-33-35-51-53(41,42)37-13-7-4-8-14-37/h4-18H,19-36H2,1-3H3. The molecule has 3 aromatic carbocycles. The van der Waals surface area contributed by atoms with Gasteiger partial charge in [-0.05, 0) is 27.5 Å². The predicted octanol–water partition coefficient (Wildman–Crippen LogP) is 4.10. The lowest BCUT2D eigenvalue weighted by Crippen LogP contribution is -2.66. The quantitative estimate of drug-likeness (QED) is 0.0514. The third-order valence-electron chi connectivity index (χ3n) is 8.07. The molecule has 0 aliphatic carbocycles. The van der Waals surface area contributed by atoms with E-state index in [-0.39, 0.29) is 23.1 Å². The highest BCUT2D eigenvalue weighted by Gasteiger charge is 2.50. The van der Waals surface area contributed by atoms with E-state index >= 15 is 0 Å². The average Bonchev–Trinajstić information content (AvgIpc) is 3.18. The zero-order valence-corrected chi connectivity index (χ0v) is 34.0. The Morgan fingerprint density at radius 2 is 0.685 bits per heavy atom. The minimum atomic E-state index is -3.76. The van der Waals surface area contributed by atoms with E-state index in [4.69, 9.17) is 46.5 Å². The van der Waals surface area contributed by atoms with Crippen LogP contribution in [0, 0.1) is 0 Å². The summed E-state index contributed by atoms with van der Waals surface area (Å²) in [4.78, 5) is 0.121. The zero-order valence-electron chi connectivity index (χ0n) is 32.2. The molecule has 14 heteroatoms. The summed E-state index contributed by atoms with van der Waals surface area (Å²) < 4.78 is 80.1. The molecule has 3 aromatic rings. The molecule has 0 unspecified atom stereocenters. The normalized spacial score (nSPS) is 12.4. The van der Waals surface area contributed by atoms with Gasteiger partial charge in [-0.2, -0.15) is 8.42 Å². The summed E-state index contributed by atoms with van der Waals surface area (Å²) in [6, 6.07) is 29.2. The Morgan fingerprint density at radius 1 is 0.407 bits per heavy atom. The summed E-state index contributed by atoms with van der Waals surface area (Å²) in [6.45, 7) is 14.3. The van der Waals surface area contributed by atoms with Crippen molar-refractivity contribution in [2.45, 2.75) is 30.7 Å². The van der Waals surface area contributed by atoms with E-state index < -0.39 is 18.4 Å². The molecule has 0 amide bonds. The van der Waals surface area contributed by atoms with Crippen LogP contribution < -0.4 is 10.4 Å². The van der Waals surface area contributed by atoms with Crippen LogP contribution in [-0.4, -0.2) is 136 Å². The van der Waals surface area contributed by atoms with Crippen molar-refractivity contribution in [2.75, 3.05) is 119 Å². The van der Waals surface area contributed by atoms with Crippen LogP contribution in [0.2, 0.25) is 5.04 Å². The van der Waals surface area contributed by atoms with Gasteiger partial charge in [0.15, 0.2) is 0 Å². The van der Waals surface area contributed by atoms with Gasteiger partial charge < -0.3 is 42.3 Å². The van der Waals surface area contributed by atoms with E-state index in [1.54, 1.807) is 18.2 Å². The fraction of sp³-hybridized carbons (Fsp3) is 0.550. The Kier molecular flexibility index (Phi) is 23.0. The molecule has 0 bridgehead atoms. The number of hydrogen-bond acceptors (Lipinski definition) is 12. The Bertz CT molecular complexity index is 1400. The highest BCUT2D eigenvalue weighted by atomic mass is 32.2. The van der Waals surface area contributed by atoms with Crippen LogP contribution in [0.15, 0.2) is 95.9 Å². The molecule has 0 spiro atoms. The smallest absolute Gasteiger partial charge is 0.297 e. The van der Waals surface area contributed by atoms with Crippen LogP contribution >= 0.6 is 0 Å². The van der Waals surface area contributed by atoms with Crippen molar-refractivity contribution < 1.29 is 54.9 Å². The first-order chi connectivity index (χ1) is 26.3. The molecule has 0 aliphatic heterocycles. The van der Waals surface area contributed by atoms with Crippen LogP contribution in [0.25, 0.3) is 0 Å². The van der Waals surface area contributed by atoms with Crippen molar-refractivity contribution in [2.24, 2.45) is 0 Å². The summed E-state index contributed by atoms with van der Waals surface area (Å²) in [5.74, 6) is 0. The van der Waals surface area contributed by atoms with Gasteiger partial charge in [0, 0.05) is 0 Å². The topological polar surface area (TPSA) is 126 Å². The van der Waals surface area contributed by atoms with Gasteiger partial charge in [-0.1, -0.05) is 99.6 Å². The average molecular weight is 793 g/mol. The molecular weight excluding hydrogens is 733 g/mol. The fourth-order valence-electron chi connectivity index (χ4n) is 5.51. The lowest BCUT2D eigenvalue weighted by Gasteiger charge is -2.43. The maximum atomic E-state index is 12.0. The molecule has 0 fully saturated rings. The van der Waals surface area contributed by atoms with Gasteiger partial charge in [-0.3, -0.25) is 4.18 Å². The lowest BCUT2D eigenvalue weighted by atomic mass is 10.2. The van der Waals surface area contributed by atoms with E-state index in [0.29, 0.717) is 106 Å². The second kappa shape index (κ2) is 27.1. The summed E-state index contributed by atoms with van der Waals surface area (Å²) in [6.07, 6.45) is 0.